The summed E-state index contributed by atoms with van der Waals surface area (Å²) in [6.07, 6.45) is -0.0996. The Balaban J connectivity index is 1.75. The minimum atomic E-state index is -0.0996. The van der Waals surface area contributed by atoms with Gasteiger partial charge in [-0.2, -0.15) is 0 Å². The molecule has 0 aromatic heterocycles. The van der Waals surface area contributed by atoms with Gasteiger partial charge in [0.15, 0.2) is 6.29 Å². The minimum absolute atomic E-state index is 0.0996. The lowest BCUT2D eigenvalue weighted by molar-refractivity contribution is -0.0738. The van der Waals surface area contributed by atoms with Crippen LogP contribution in [0.25, 0.3) is 0 Å². The van der Waals surface area contributed by atoms with Gasteiger partial charge in [-0.25, -0.2) is 0 Å². The molecular weight excluding hydrogens is 312 g/mol. The van der Waals surface area contributed by atoms with Crippen molar-refractivity contribution < 1.29 is 9.47 Å². The van der Waals surface area contributed by atoms with Crippen LogP contribution in [0.1, 0.15) is 6.92 Å². The van der Waals surface area contributed by atoms with Crippen molar-refractivity contribution in [2.45, 2.75) is 27.6 Å². The van der Waals surface area contributed by atoms with E-state index in [9.17, 15) is 0 Å². The van der Waals surface area contributed by atoms with Gasteiger partial charge >= 0.3 is 0 Å². The van der Waals surface area contributed by atoms with E-state index < -0.39 is 0 Å². The highest BCUT2D eigenvalue weighted by atomic mass is 32.2. The van der Waals surface area contributed by atoms with Crippen molar-refractivity contribution in [2.24, 2.45) is 5.92 Å². The van der Waals surface area contributed by atoms with Gasteiger partial charge in [0.25, 0.3) is 0 Å². The molecule has 4 heteroatoms. The van der Waals surface area contributed by atoms with Gasteiger partial charge in [-0.1, -0.05) is 43.3 Å². The molecule has 1 saturated heterocycles. The third-order valence-electron chi connectivity index (χ3n) is 3.50. The molecule has 1 aliphatic heterocycles. The Bertz CT molecular complexity index is 514. The standard InChI is InChI=1S/C18H20O2S2/c1-14(17-19-12-13-20-17)18(21-15-8-4-2-5-9-15)22-16-10-6-3-7-11-16/h2-11,14,17-18H,12-13H2,1H3. The van der Waals surface area contributed by atoms with Crippen molar-refractivity contribution in [1.29, 1.82) is 0 Å². The largest absolute Gasteiger partial charge is 0.350 e. The van der Waals surface area contributed by atoms with E-state index in [1.807, 2.05) is 23.5 Å². The first-order valence-electron chi connectivity index (χ1n) is 7.49. The van der Waals surface area contributed by atoms with Crippen molar-refractivity contribution in [3.63, 3.8) is 0 Å². The van der Waals surface area contributed by atoms with Gasteiger partial charge in [-0.15, -0.1) is 23.5 Å². The summed E-state index contributed by atoms with van der Waals surface area (Å²) in [5.74, 6) is 0.304. The van der Waals surface area contributed by atoms with E-state index in [1.165, 1.54) is 9.79 Å². The molecule has 0 radical (unpaired) electrons. The molecule has 2 nitrogen and oxygen atoms in total. The fourth-order valence-electron chi connectivity index (χ4n) is 2.31. The molecule has 116 valence electrons. The van der Waals surface area contributed by atoms with E-state index in [-0.39, 0.29) is 6.29 Å². The van der Waals surface area contributed by atoms with Gasteiger partial charge in [0.2, 0.25) is 0 Å². The van der Waals surface area contributed by atoms with Crippen LogP contribution in [0.15, 0.2) is 70.5 Å². The number of hydrogen-bond acceptors (Lipinski definition) is 4. The van der Waals surface area contributed by atoms with Gasteiger partial charge in [0.1, 0.15) is 0 Å². The average Bonchev–Trinajstić information content (AvgIpc) is 3.10. The van der Waals surface area contributed by atoms with Crippen LogP contribution < -0.4 is 0 Å². The molecule has 1 fully saturated rings. The second-order valence-electron chi connectivity index (χ2n) is 5.20. The summed E-state index contributed by atoms with van der Waals surface area (Å²) in [6, 6.07) is 21.1. The molecule has 0 amide bonds. The smallest absolute Gasteiger partial charge is 0.162 e. The van der Waals surface area contributed by atoms with Gasteiger partial charge in [0, 0.05) is 15.7 Å². The molecule has 2 aromatic rings. The van der Waals surface area contributed by atoms with Gasteiger partial charge in [0.05, 0.1) is 17.8 Å². The molecule has 22 heavy (non-hydrogen) atoms. The highest BCUT2D eigenvalue weighted by Gasteiger charge is 2.31. The minimum Gasteiger partial charge on any atom is -0.350 e. The zero-order chi connectivity index (χ0) is 15.2. The lowest BCUT2D eigenvalue weighted by Gasteiger charge is -2.26. The van der Waals surface area contributed by atoms with E-state index in [0.29, 0.717) is 23.7 Å². The first-order valence-corrected chi connectivity index (χ1v) is 9.25. The second-order valence-corrected chi connectivity index (χ2v) is 7.93. The number of rotatable bonds is 6. The molecular formula is C18H20O2S2. The predicted molar refractivity (Wildman–Crippen MR) is 93.2 cm³/mol. The lowest BCUT2D eigenvalue weighted by Crippen LogP contribution is -2.26. The van der Waals surface area contributed by atoms with Crippen LogP contribution in [0.3, 0.4) is 0 Å². The van der Waals surface area contributed by atoms with Crippen LogP contribution in [-0.4, -0.2) is 24.1 Å². The summed E-state index contributed by atoms with van der Waals surface area (Å²) >= 11 is 3.76. The SMILES string of the molecule is CC(C1OCCO1)C(Sc1ccccc1)Sc1ccccc1. The molecule has 0 spiro atoms. The molecule has 0 aliphatic carbocycles. The van der Waals surface area contributed by atoms with E-state index >= 15 is 0 Å². The van der Waals surface area contributed by atoms with Crippen LogP contribution in [0.2, 0.25) is 0 Å². The van der Waals surface area contributed by atoms with Gasteiger partial charge in [-0.3, -0.25) is 0 Å². The monoisotopic (exact) mass is 332 g/mol. The zero-order valence-electron chi connectivity index (χ0n) is 12.6. The Morgan fingerprint density at radius 3 is 1.73 bits per heavy atom. The highest BCUT2D eigenvalue weighted by Crippen LogP contribution is 2.41. The lowest BCUT2D eigenvalue weighted by atomic mass is 10.2. The molecule has 0 N–H and O–H groups in total. The average molecular weight is 332 g/mol. The first-order chi connectivity index (χ1) is 10.8. The van der Waals surface area contributed by atoms with Crippen LogP contribution in [0, 0.1) is 5.92 Å². The molecule has 2 aromatic carbocycles. The Morgan fingerprint density at radius 2 is 1.27 bits per heavy atom. The molecule has 0 saturated carbocycles. The molecule has 1 aliphatic rings. The third-order valence-corrected chi connectivity index (χ3v) is 6.49. The summed E-state index contributed by atoms with van der Waals surface area (Å²) in [5, 5.41) is 0. The number of thioether (sulfide) groups is 2. The Kier molecular flexibility index (Phi) is 5.84. The topological polar surface area (TPSA) is 18.5 Å². The van der Waals surface area contributed by atoms with Crippen molar-refractivity contribution in [3.05, 3.63) is 60.7 Å². The third kappa shape index (κ3) is 4.29. The zero-order valence-corrected chi connectivity index (χ0v) is 14.2. The van der Waals surface area contributed by atoms with E-state index in [4.69, 9.17) is 9.47 Å². The van der Waals surface area contributed by atoms with Crippen molar-refractivity contribution in [3.8, 4) is 0 Å². The first kappa shape index (κ1) is 15.9. The van der Waals surface area contributed by atoms with Crippen LogP contribution in [0.5, 0.6) is 0 Å². The summed E-state index contributed by atoms with van der Waals surface area (Å²) in [4.78, 5) is 2.56. The Hall–Kier alpha value is -0.940. The normalized spacial score (nSPS) is 17.0. The van der Waals surface area contributed by atoms with Crippen LogP contribution in [0.4, 0.5) is 0 Å². The molecule has 0 bridgehead atoms. The van der Waals surface area contributed by atoms with E-state index in [1.54, 1.807) is 0 Å². The summed E-state index contributed by atoms with van der Waals surface area (Å²) in [5.41, 5.74) is 0. The quantitative estimate of drug-likeness (QED) is 0.552. The fraction of sp³-hybridized carbons (Fsp3) is 0.333. The number of benzene rings is 2. The van der Waals surface area contributed by atoms with Crippen LogP contribution in [-0.2, 0) is 9.47 Å². The maximum absolute atomic E-state index is 5.72. The fourth-order valence-corrected chi connectivity index (χ4v) is 5.02. The van der Waals surface area contributed by atoms with Gasteiger partial charge < -0.3 is 9.47 Å². The van der Waals surface area contributed by atoms with Crippen molar-refractivity contribution in [2.75, 3.05) is 13.2 Å². The molecule has 1 heterocycles. The summed E-state index contributed by atoms with van der Waals surface area (Å²) in [7, 11) is 0. The van der Waals surface area contributed by atoms with Crippen LogP contribution >= 0.6 is 23.5 Å². The maximum Gasteiger partial charge on any atom is 0.162 e. The number of ether oxygens (including phenoxy) is 2. The molecule has 1 unspecified atom stereocenters. The van der Waals surface area contributed by atoms with E-state index in [0.717, 1.165) is 0 Å². The Labute approximate surface area is 140 Å². The maximum atomic E-state index is 5.72. The molecule has 1 atom stereocenters. The summed E-state index contributed by atoms with van der Waals surface area (Å²) in [6.45, 7) is 3.62. The number of hydrogen-bond donors (Lipinski definition) is 0. The van der Waals surface area contributed by atoms with Crippen molar-refractivity contribution in [1.82, 2.24) is 0 Å². The summed E-state index contributed by atoms with van der Waals surface area (Å²) < 4.78 is 11.8. The van der Waals surface area contributed by atoms with Crippen molar-refractivity contribution >= 4 is 23.5 Å². The molecule has 3 rings (SSSR count). The highest BCUT2D eigenvalue weighted by molar-refractivity contribution is 8.17. The van der Waals surface area contributed by atoms with E-state index in [2.05, 4.69) is 67.6 Å². The Morgan fingerprint density at radius 1 is 0.818 bits per heavy atom. The second kappa shape index (κ2) is 8.06. The van der Waals surface area contributed by atoms with Gasteiger partial charge in [-0.05, 0) is 24.3 Å². The predicted octanol–water partition coefficient (Wildman–Crippen LogP) is 4.91.